The molecule has 0 fully saturated rings. The van der Waals surface area contributed by atoms with Crippen molar-refractivity contribution in [1.82, 2.24) is 9.97 Å². The van der Waals surface area contributed by atoms with Crippen LogP contribution in [-0.2, 0) is 6.42 Å². The minimum Gasteiger partial charge on any atom is -0.370 e. The zero-order chi connectivity index (χ0) is 15.3. The van der Waals surface area contributed by atoms with E-state index in [0.29, 0.717) is 0 Å². The van der Waals surface area contributed by atoms with Gasteiger partial charge in [-0.15, -0.1) is 0 Å². The first-order valence-corrected chi connectivity index (χ1v) is 9.54. The number of rotatable bonds is 12. The molecule has 0 radical (unpaired) electrons. The molecule has 120 valence electrons. The van der Waals surface area contributed by atoms with Crippen molar-refractivity contribution >= 4 is 23.4 Å². The van der Waals surface area contributed by atoms with Gasteiger partial charge in [-0.05, 0) is 31.3 Å². The Balaban J connectivity index is 2.35. The number of nitrogens with one attached hydrogen (secondary N) is 2. The molecule has 1 aromatic rings. The zero-order valence-electron chi connectivity index (χ0n) is 13.7. The molecule has 0 bridgehead atoms. The minimum atomic E-state index is 0.866. The predicted octanol–water partition coefficient (Wildman–Crippen LogP) is 4.20. The van der Waals surface area contributed by atoms with Crippen LogP contribution in [0.2, 0.25) is 0 Å². The molecule has 0 saturated carbocycles. The molecule has 1 rings (SSSR count). The van der Waals surface area contributed by atoms with Gasteiger partial charge in [-0.3, -0.25) is 0 Å². The topological polar surface area (TPSA) is 49.8 Å². The summed E-state index contributed by atoms with van der Waals surface area (Å²) < 4.78 is 0. The highest BCUT2D eigenvalue weighted by atomic mass is 32.2. The highest BCUT2D eigenvalue weighted by Gasteiger charge is 2.02. The molecule has 2 N–H and O–H groups in total. The fourth-order valence-corrected chi connectivity index (χ4v) is 2.52. The Hall–Kier alpha value is -0.970. The number of aryl methyl sites for hydroxylation is 1. The maximum Gasteiger partial charge on any atom is 0.132 e. The fourth-order valence-electron chi connectivity index (χ4n) is 2.03. The lowest BCUT2D eigenvalue weighted by Gasteiger charge is -2.10. The maximum absolute atomic E-state index is 4.54. The number of aromatic nitrogens is 2. The summed E-state index contributed by atoms with van der Waals surface area (Å²) in [4.78, 5) is 9.04. The standard InChI is InChI=1S/C16H30N4S/c1-4-10-17-15-13-16(20-14(5-2)19-15)18-11-8-6-7-9-12-21-3/h13H,4-12H2,1-3H3,(H2,17,18,19,20). The van der Waals surface area contributed by atoms with Gasteiger partial charge in [0.2, 0.25) is 0 Å². The van der Waals surface area contributed by atoms with E-state index in [2.05, 4.69) is 40.7 Å². The van der Waals surface area contributed by atoms with E-state index in [4.69, 9.17) is 0 Å². The average Bonchev–Trinajstić information content (AvgIpc) is 2.51. The van der Waals surface area contributed by atoms with Crippen LogP contribution >= 0.6 is 11.8 Å². The quantitative estimate of drug-likeness (QED) is 0.567. The number of hydrogen-bond donors (Lipinski definition) is 2. The van der Waals surface area contributed by atoms with Crippen molar-refractivity contribution in [3.8, 4) is 0 Å². The molecule has 21 heavy (non-hydrogen) atoms. The van der Waals surface area contributed by atoms with E-state index in [1.807, 2.05) is 17.8 Å². The van der Waals surface area contributed by atoms with Crippen molar-refractivity contribution in [3.63, 3.8) is 0 Å². The molecule has 0 aromatic carbocycles. The van der Waals surface area contributed by atoms with Crippen LogP contribution in [0.15, 0.2) is 6.07 Å². The highest BCUT2D eigenvalue weighted by molar-refractivity contribution is 7.98. The van der Waals surface area contributed by atoms with E-state index in [9.17, 15) is 0 Å². The molecule has 0 unspecified atom stereocenters. The Morgan fingerprint density at radius 3 is 2.24 bits per heavy atom. The Bertz CT molecular complexity index is 385. The second-order valence-corrected chi connectivity index (χ2v) is 6.15. The fraction of sp³-hybridized carbons (Fsp3) is 0.750. The van der Waals surface area contributed by atoms with Crippen LogP contribution in [0.25, 0.3) is 0 Å². The van der Waals surface area contributed by atoms with Gasteiger partial charge in [0.05, 0.1) is 0 Å². The number of nitrogens with zero attached hydrogens (tertiary/aromatic N) is 2. The number of hydrogen-bond acceptors (Lipinski definition) is 5. The van der Waals surface area contributed by atoms with E-state index in [0.717, 1.165) is 43.4 Å². The summed E-state index contributed by atoms with van der Waals surface area (Å²) in [5, 5.41) is 6.77. The van der Waals surface area contributed by atoms with Gasteiger partial charge in [0.25, 0.3) is 0 Å². The van der Waals surface area contributed by atoms with E-state index in [-0.39, 0.29) is 0 Å². The van der Waals surface area contributed by atoms with Crippen LogP contribution in [0.5, 0.6) is 0 Å². The van der Waals surface area contributed by atoms with Crippen LogP contribution in [0.3, 0.4) is 0 Å². The summed E-state index contributed by atoms with van der Waals surface area (Å²) in [6.45, 7) is 6.20. The third kappa shape index (κ3) is 8.15. The average molecular weight is 311 g/mol. The van der Waals surface area contributed by atoms with Crippen molar-refractivity contribution < 1.29 is 0 Å². The highest BCUT2D eigenvalue weighted by Crippen LogP contribution is 2.12. The molecular weight excluding hydrogens is 280 g/mol. The Labute approximate surface area is 133 Å². The predicted molar refractivity (Wildman–Crippen MR) is 95.5 cm³/mol. The van der Waals surface area contributed by atoms with Crippen LogP contribution in [0.1, 0.15) is 51.8 Å². The van der Waals surface area contributed by atoms with E-state index < -0.39 is 0 Å². The lowest BCUT2D eigenvalue weighted by Crippen LogP contribution is -2.09. The Kier molecular flexibility index (Phi) is 10.0. The van der Waals surface area contributed by atoms with Crippen LogP contribution in [-0.4, -0.2) is 35.1 Å². The second kappa shape index (κ2) is 11.7. The third-order valence-electron chi connectivity index (χ3n) is 3.23. The summed E-state index contributed by atoms with van der Waals surface area (Å²) in [6.07, 6.45) is 9.30. The molecular formula is C16H30N4S. The lowest BCUT2D eigenvalue weighted by atomic mass is 10.2. The molecule has 1 aromatic heterocycles. The monoisotopic (exact) mass is 310 g/mol. The maximum atomic E-state index is 4.54. The molecule has 4 nitrogen and oxygen atoms in total. The molecule has 1 heterocycles. The van der Waals surface area contributed by atoms with E-state index in [1.54, 1.807) is 0 Å². The summed E-state index contributed by atoms with van der Waals surface area (Å²) in [5.41, 5.74) is 0. The normalized spacial score (nSPS) is 10.6. The zero-order valence-corrected chi connectivity index (χ0v) is 14.6. The van der Waals surface area contributed by atoms with Gasteiger partial charge in [0.15, 0.2) is 0 Å². The van der Waals surface area contributed by atoms with Gasteiger partial charge in [-0.2, -0.15) is 11.8 Å². The van der Waals surface area contributed by atoms with E-state index in [1.165, 1.54) is 31.4 Å². The first-order valence-electron chi connectivity index (χ1n) is 8.14. The largest absolute Gasteiger partial charge is 0.370 e. The van der Waals surface area contributed by atoms with Gasteiger partial charge in [0, 0.05) is 25.6 Å². The molecule has 0 spiro atoms. The summed E-state index contributed by atoms with van der Waals surface area (Å²) in [5.74, 6) is 4.07. The van der Waals surface area contributed by atoms with Crippen molar-refractivity contribution in [1.29, 1.82) is 0 Å². The van der Waals surface area contributed by atoms with Crippen molar-refractivity contribution in [2.45, 2.75) is 52.4 Å². The van der Waals surface area contributed by atoms with Gasteiger partial charge in [0.1, 0.15) is 17.5 Å². The second-order valence-electron chi connectivity index (χ2n) is 5.17. The number of anilines is 2. The van der Waals surface area contributed by atoms with Gasteiger partial charge in [-0.1, -0.05) is 26.7 Å². The SMILES string of the molecule is CCCNc1cc(NCCCCCCSC)nc(CC)n1. The van der Waals surface area contributed by atoms with Crippen molar-refractivity contribution in [2.24, 2.45) is 0 Å². The van der Waals surface area contributed by atoms with Crippen LogP contribution < -0.4 is 10.6 Å². The van der Waals surface area contributed by atoms with Crippen LogP contribution in [0, 0.1) is 0 Å². The Morgan fingerprint density at radius 1 is 0.952 bits per heavy atom. The van der Waals surface area contributed by atoms with Crippen LogP contribution in [0.4, 0.5) is 11.6 Å². The molecule has 0 atom stereocenters. The van der Waals surface area contributed by atoms with Crippen molar-refractivity contribution in [3.05, 3.63) is 11.9 Å². The molecule has 0 aliphatic carbocycles. The molecule has 0 aliphatic heterocycles. The van der Waals surface area contributed by atoms with Gasteiger partial charge < -0.3 is 10.6 Å². The smallest absolute Gasteiger partial charge is 0.132 e. The first-order chi connectivity index (χ1) is 10.3. The third-order valence-corrected chi connectivity index (χ3v) is 3.92. The molecule has 5 heteroatoms. The summed E-state index contributed by atoms with van der Waals surface area (Å²) in [7, 11) is 0. The number of thioether (sulfide) groups is 1. The minimum absolute atomic E-state index is 0.866. The van der Waals surface area contributed by atoms with Gasteiger partial charge in [-0.25, -0.2) is 9.97 Å². The summed E-state index contributed by atoms with van der Waals surface area (Å²) in [6, 6.07) is 2.02. The van der Waals surface area contributed by atoms with E-state index >= 15 is 0 Å². The Morgan fingerprint density at radius 2 is 1.62 bits per heavy atom. The van der Waals surface area contributed by atoms with Crippen molar-refractivity contribution in [2.75, 3.05) is 35.7 Å². The molecule has 0 amide bonds. The lowest BCUT2D eigenvalue weighted by molar-refractivity contribution is 0.688. The molecule has 0 saturated heterocycles. The van der Waals surface area contributed by atoms with Gasteiger partial charge >= 0.3 is 0 Å². The molecule has 0 aliphatic rings. The number of unbranched alkanes of at least 4 members (excludes halogenated alkanes) is 3. The summed E-state index contributed by atoms with van der Waals surface area (Å²) >= 11 is 1.93. The first kappa shape index (κ1) is 18.1.